The van der Waals surface area contributed by atoms with Gasteiger partial charge in [-0.05, 0) is 53.8 Å². The van der Waals surface area contributed by atoms with Crippen LogP contribution in [0.5, 0.6) is 11.5 Å². The van der Waals surface area contributed by atoms with E-state index < -0.39 is 0 Å². The molecule has 0 aromatic heterocycles. The standard InChI is InChI=1S/C33H26N2O4/c36-28-17-24(20-7-3-1-4-8-20)16-27-31(28)32(22-12-14-29-30(18-22)39-19-38-29)35-25-13-11-23(15-26(25)34-27)33(37)21-9-5-2-6-10-21/h1-15,18,24,32,34-35H,16-17,19H2/t24-,32-/m1/s1. The van der Waals surface area contributed by atoms with Crippen molar-refractivity contribution in [2.24, 2.45) is 0 Å². The maximum atomic E-state index is 13.8. The Bertz CT molecular complexity index is 1630. The minimum Gasteiger partial charge on any atom is -0.454 e. The van der Waals surface area contributed by atoms with Gasteiger partial charge in [-0.3, -0.25) is 9.59 Å². The van der Waals surface area contributed by atoms with Crippen molar-refractivity contribution in [3.63, 3.8) is 0 Å². The van der Waals surface area contributed by atoms with E-state index in [1.165, 1.54) is 0 Å². The topological polar surface area (TPSA) is 76.7 Å². The third-order valence-corrected chi connectivity index (χ3v) is 7.70. The van der Waals surface area contributed by atoms with Crippen LogP contribution in [-0.4, -0.2) is 18.4 Å². The molecule has 0 amide bonds. The largest absolute Gasteiger partial charge is 0.454 e. The third-order valence-electron chi connectivity index (χ3n) is 7.70. The van der Waals surface area contributed by atoms with Crippen molar-refractivity contribution >= 4 is 22.9 Å². The Hall–Kier alpha value is -4.84. The Balaban J connectivity index is 1.32. The Morgan fingerprint density at radius 1 is 0.718 bits per heavy atom. The Morgan fingerprint density at radius 3 is 2.31 bits per heavy atom. The summed E-state index contributed by atoms with van der Waals surface area (Å²) < 4.78 is 11.2. The number of allylic oxidation sites excluding steroid dienone is 1. The highest BCUT2D eigenvalue weighted by atomic mass is 16.7. The second-order valence-electron chi connectivity index (χ2n) is 10.1. The molecule has 0 bridgehead atoms. The van der Waals surface area contributed by atoms with Gasteiger partial charge in [0.05, 0.1) is 17.4 Å². The summed E-state index contributed by atoms with van der Waals surface area (Å²) in [6.45, 7) is 0.186. The van der Waals surface area contributed by atoms with Crippen LogP contribution in [0.15, 0.2) is 108 Å². The number of hydrogen-bond acceptors (Lipinski definition) is 6. The van der Waals surface area contributed by atoms with Crippen LogP contribution >= 0.6 is 0 Å². The van der Waals surface area contributed by atoms with E-state index in [0.29, 0.717) is 41.0 Å². The fourth-order valence-electron chi connectivity index (χ4n) is 5.75. The number of Topliss-reactive ketones (excluding diaryl/α,β-unsaturated/α-hetero) is 1. The molecular weight excluding hydrogens is 488 g/mol. The van der Waals surface area contributed by atoms with Crippen molar-refractivity contribution in [3.8, 4) is 11.5 Å². The molecule has 0 fully saturated rings. The molecule has 0 saturated heterocycles. The van der Waals surface area contributed by atoms with Crippen LogP contribution in [0.25, 0.3) is 0 Å². The van der Waals surface area contributed by atoms with Gasteiger partial charge in [-0.1, -0.05) is 66.7 Å². The summed E-state index contributed by atoms with van der Waals surface area (Å²) >= 11 is 0. The second kappa shape index (κ2) is 9.48. The number of nitrogens with one attached hydrogen (secondary N) is 2. The minimum atomic E-state index is -0.386. The van der Waals surface area contributed by atoms with Crippen LogP contribution in [-0.2, 0) is 4.79 Å². The molecule has 0 spiro atoms. The number of hydrogen-bond donors (Lipinski definition) is 2. The number of carbonyl (C=O) groups is 2. The number of ether oxygens (including phenoxy) is 2. The van der Waals surface area contributed by atoms with Gasteiger partial charge in [-0.25, -0.2) is 0 Å². The molecular formula is C33H26N2O4. The molecule has 192 valence electrons. The molecule has 2 aliphatic heterocycles. The van der Waals surface area contributed by atoms with Gasteiger partial charge in [0.15, 0.2) is 23.1 Å². The summed E-state index contributed by atoms with van der Waals surface area (Å²) in [5, 5.41) is 7.19. The van der Waals surface area contributed by atoms with Crippen LogP contribution in [0, 0.1) is 0 Å². The molecule has 0 radical (unpaired) electrons. The van der Waals surface area contributed by atoms with Crippen LogP contribution in [0.4, 0.5) is 11.4 Å². The van der Waals surface area contributed by atoms with E-state index in [9.17, 15) is 9.59 Å². The molecule has 1 aliphatic carbocycles. The quantitative estimate of drug-likeness (QED) is 0.298. The smallest absolute Gasteiger partial charge is 0.231 e. The summed E-state index contributed by atoms with van der Waals surface area (Å²) in [7, 11) is 0. The number of fused-ring (bicyclic) bond motifs is 2. The Labute approximate surface area is 226 Å². The lowest BCUT2D eigenvalue weighted by Crippen LogP contribution is -2.26. The van der Waals surface area contributed by atoms with E-state index in [1.807, 2.05) is 84.9 Å². The number of carbonyl (C=O) groups excluding carboxylic acids is 2. The van der Waals surface area contributed by atoms with Crippen LogP contribution in [0.3, 0.4) is 0 Å². The zero-order valence-electron chi connectivity index (χ0n) is 21.1. The summed E-state index contributed by atoms with van der Waals surface area (Å²) in [5.74, 6) is 1.48. The first-order valence-electron chi connectivity index (χ1n) is 13.1. The Kier molecular flexibility index (Phi) is 5.66. The summed E-state index contributed by atoms with van der Waals surface area (Å²) in [6.07, 6.45) is 1.12. The van der Waals surface area contributed by atoms with Gasteiger partial charge in [0.2, 0.25) is 6.79 Å². The third kappa shape index (κ3) is 4.24. The van der Waals surface area contributed by atoms with E-state index in [0.717, 1.165) is 28.2 Å². The average Bonchev–Trinajstić information content (AvgIpc) is 3.38. The van der Waals surface area contributed by atoms with E-state index in [1.54, 1.807) is 0 Å². The average molecular weight is 515 g/mol. The monoisotopic (exact) mass is 514 g/mol. The fourth-order valence-corrected chi connectivity index (χ4v) is 5.75. The van der Waals surface area contributed by atoms with Gasteiger partial charge in [0.1, 0.15) is 0 Å². The van der Waals surface area contributed by atoms with Crippen LogP contribution < -0.4 is 20.1 Å². The number of ketones is 2. The first-order valence-corrected chi connectivity index (χ1v) is 13.1. The normalized spacial score (nSPS) is 19.3. The van der Waals surface area contributed by atoms with E-state index in [-0.39, 0.29) is 30.3 Å². The number of anilines is 2. The molecule has 4 aromatic rings. The van der Waals surface area contributed by atoms with E-state index in [4.69, 9.17) is 9.47 Å². The lowest BCUT2D eigenvalue weighted by atomic mass is 9.78. The summed E-state index contributed by atoms with van der Waals surface area (Å²) in [5.41, 5.74) is 6.46. The van der Waals surface area contributed by atoms with Gasteiger partial charge in [0.25, 0.3) is 0 Å². The van der Waals surface area contributed by atoms with Gasteiger partial charge in [-0.15, -0.1) is 0 Å². The van der Waals surface area contributed by atoms with Gasteiger partial charge in [0, 0.05) is 28.8 Å². The molecule has 6 nitrogen and oxygen atoms in total. The summed E-state index contributed by atoms with van der Waals surface area (Å²) in [6, 6.07) is 30.5. The molecule has 6 heteroatoms. The lowest BCUT2D eigenvalue weighted by Gasteiger charge is -2.30. The van der Waals surface area contributed by atoms with Crippen molar-refractivity contribution in [1.29, 1.82) is 0 Å². The SMILES string of the molecule is O=C1C[C@H](c2ccccc2)CC2=C1[C@@H](c1ccc3c(c1)OCO3)Nc1ccc(C(=O)c3ccccc3)cc1N2. The highest BCUT2D eigenvalue weighted by Crippen LogP contribution is 2.46. The van der Waals surface area contributed by atoms with Crippen LogP contribution in [0.1, 0.15) is 51.8 Å². The molecule has 2 N–H and O–H groups in total. The molecule has 0 saturated carbocycles. The number of rotatable bonds is 4. The van der Waals surface area contributed by atoms with Crippen molar-refractivity contribution in [2.75, 3.05) is 17.4 Å². The molecule has 39 heavy (non-hydrogen) atoms. The predicted molar refractivity (Wildman–Crippen MR) is 149 cm³/mol. The van der Waals surface area contributed by atoms with Gasteiger partial charge in [-0.2, -0.15) is 0 Å². The van der Waals surface area contributed by atoms with Gasteiger partial charge < -0.3 is 20.1 Å². The predicted octanol–water partition coefficient (Wildman–Crippen LogP) is 6.63. The minimum absolute atomic E-state index is 0.0483. The highest BCUT2D eigenvalue weighted by Gasteiger charge is 2.36. The maximum absolute atomic E-state index is 13.8. The molecule has 0 unspecified atom stereocenters. The number of benzene rings is 4. The zero-order valence-corrected chi connectivity index (χ0v) is 21.1. The summed E-state index contributed by atoms with van der Waals surface area (Å²) in [4.78, 5) is 27.1. The molecule has 3 aliphatic rings. The van der Waals surface area contributed by atoms with Crippen molar-refractivity contribution in [1.82, 2.24) is 0 Å². The fraction of sp³-hybridized carbons (Fsp3) is 0.152. The lowest BCUT2D eigenvalue weighted by molar-refractivity contribution is -0.116. The second-order valence-corrected chi connectivity index (χ2v) is 10.1. The molecule has 4 aromatic carbocycles. The van der Waals surface area contributed by atoms with Crippen molar-refractivity contribution < 1.29 is 19.1 Å². The zero-order chi connectivity index (χ0) is 26.3. The van der Waals surface area contributed by atoms with Crippen molar-refractivity contribution in [3.05, 3.63) is 131 Å². The first kappa shape index (κ1) is 23.3. The Morgan fingerprint density at radius 2 is 1.49 bits per heavy atom. The maximum Gasteiger partial charge on any atom is 0.231 e. The van der Waals surface area contributed by atoms with Crippen LogP contribution in [0.2, 0.25) is 0 Å². The van der Waals surface area contributed by atoms with E-state index >= 15 is 0 Å². The van der Waals surface area contributed by atoms with Crippen molar-refractivity contribution in [2.45, 2.75) is 24.8 Å². The molecule has 2 atom stereocenters. The molecule has 2 heterocycles. The first-order chi connectivity index (χ1) is 19.1. The molecule has 7 rings (SSSR count). The van der Waals surface area contributed by atoms with Gasteiger partial charge >= 0.3 is 0 Å². The highest BCUT2D eigenvalue weighted by molar-refractivity contribution is 6.10. The van der Waals surface area contributed by atoms with E-state index in [2.05, 4.69) is 22.8 Å².